The number of aromatic nitrogens is 2. The number of nitrogens with zero attached hydrogens (tertiary/aromatic N) is 3. The summed E-state index contributed by atoms with van der Waals surface area (Å²) in [6.07, 6.45) is 3.73. The van der Waals surface area contributed by atoms with Crippen LogP contribution < -0.4 is 4.90 Å². The molecule has 0 bridgehead atoms. The topological polar surface area (TPSA) is 65.7 Å². The summed E-state index contributed by atoms with van der Waals surface area (Å²) in [7, 11) is 0. The third-order valence-corrected chi connectivity index (χ3v) is 4.50. The summed E-state index contributed by atoms with van der Waals surface area (Å²) in [6, 6.07) is 7.52. The molecule has 25 heavy (non-hydrogen) atoms. The Morgan fingerprint density at radius 1 is 1.28 bits per heavy atom. The maximum absolute atomic E-state index is 9.51. The Hall–Kier alpha value is -2.88. The molecule has 1 aromatic carbocycles. The van der Waals surface area contributed by atoms with E-state index >= 15 is 0 Å². The Labute approximate surface area is 145 Å². The van der Waals surface area contributed by atoms with E-state index in [1.54, 1.807) is 6.07 Å². The summed E-state index contributed by atoms with van der Waals surface area (Å²) in [5.74, 6) is 0. The molecule has 1 aliphatic heterocycles. The van der Waals surface area contributed by atoms with Crippen molar-refractivity contribution in [3.05, 3.63) is 53.6 Å². The van der Waals surface area contributed by atoms with E-state index in [2.05, 4.69) is 19.7 Å². The number of nitrogens with one attached hydrogen (secondary N) is 1. The predicted molar refractivity (Wildman–Crippen MR) is 96.7 cm³/mol. The number of aliphatic hydroxyl groups excluding tert-OH is 1. The van der Waals surface area contributed by atoms with Crippen molar-refractivity contribution in [1.82, 2.24) is 9.97 Å². The average molecular weight is 334 g/mol. The van der Waals surface area contributed by atoms with Gasteiger partial charge in [-0.05, 0) is 23.3 Å². The van der Waals surface area contributed by atoms with Gasteiger partial charge in [0.15, 0.2) is 5.69 Å². The number of hydrogen-bond donors (Lipinski definition) is 2. The van der Waals surface area contributed by atoms with Gasteiger partial charge in [0.25, 0.3) is 0 Å². The fourth-order valence-corrected chi connectivity index (χ4v) is 3.32. The second kappa shape index (κ2) is 6.55. The molecule has 0 unspecified atom stereocenters. The minimum absolute atomic E-state index is 0.0900. The van der Waals surface area contributed by atoms with Gasteiger partial charge in [-0.2, -0.15) is 0 Å². The van der Waals surface area contributed by atoms with Crippen molar-refractivity contribution in [2.45, 2.75) is 6.61 Å². The molecule has 0 atom stereocenters. The molecule has 2 aromatic heterocycles. The normalized spacial score (nSPS) is 14.6. The van der Waals surface area contributed by atoms with E-state index in [0.717, 1.165) is 46.5 Å². The van der Waals surface area contributed by atoms with Crippen LogP contribution in [0.2, 0.25) is 0 Å². The van der Waals surface area contributed by atoms with E-state index in [-0.39, 0.29) is 6.61 Å². The van der Waals surface area contributed by atoms with Crippen molar-refractivity contribution in [3.63, 3.8) is 0 Å². The highest BCUT2D eigenvalue weighted by Crippen LogP contribution is 2.37. The van der Waals surface area contributed by atoms with Gasteiger partial charge in [-0.3, -0.25) is 0 Å². The molecule has 0 saturated carbocycles. The molecule has 6 heteroatoms. The van der Waals surface area contributed by atoms with Crippen molar-refractivity contribution in [3.8, 4) is 11.1 Å². The van der Waals surface area contributed by atoms with Gasteiger partial charge >= 0.3 is 0 Å². The Kier molecular flexibility index (Phi) is 4.10. The third-order valence-electron chi connectivity index (χ3n) is 4.50. The number of anilines is 1. The average Bonchev–Trinajstić information content (AvgIpc) is 3.12. The SMILES string of the molecule is [C-]#[N+]c1cc(CO)cc(-c2c[nH]c3nccc(N4CCOCC4)c23)c1. The lowest BCUT2D eigenvalue weighted by Crippen LogP contribution is -2.36. The van der Waals surface area contributed by atoms with Crippen LogP contribution in [0.15, 0.2) is 36.7 Å². The molecule has 2 N–H and O–H groups in total. The van der Waals surface area contributed by atoms with Gasteiger partial charge in [0.2, 0.25) is 0 Å². The number of aliphatic hydroxyl groups is 1. The Bertz CT molecular complexity index is 952. The number of fused-ring (bicyclic) bond motifs is 1. The van der Waals surface area contributed by atoms with Gasteiger partial charge < -0.3 is 19.7 Å². The quantitative estimate of drug-likeness (QED) is 0.722. The van der Waals surface area contributed by atoms with Crippen LogP contribution in [0, 0.1) is 6.57 Å². The first-order valence-corrected chi connectivity index (χ1v) is 8.21. The molecule has 1 aliphatic rings. The number of benzene rings is 1. The van der Waals surface area contributed by atoms with Crippen LogP contribution in [0.25, 0.3) is 27.0 Å². The van der Waals surface area contributed by atoms with Gasteiger partial charge in [-0.1, -0.05) is 12.1 Å². The van der Waals surface area contributed by atoms with Crippen molar-refractivity contribution in [2.24, 2.45) is 0 Å². The van der Waals surface area contributed by atoms with Gasteiger partial charge in [-0.25, -0.2) is 9.83 Å². The van der Waals surface area contributed by atoms with Crippen molar-refractivity contribution < 1.29 is 9.84 Å². The molecule has 3 aromatic rings. The van der Waals surface area contributed by atoms with Crippen molar-refractivity contribution in [1.29, 1.82) is 0 Å². The first-order valence-electron chi connectivity index (χ1n) is 8.21. The van der Waals surface area contributed by atoms with Crippen LogP contribution in [0.4, 0.5) is 11.4 Å². The van der Waals surface area contributed by atoms with E-state index < -0.39 is 0 Å². The van der Waals surface area contributed by atoms with Crippen LogP contribution in [0.1, 0.15) is 5.56 Å². The zero-order valence-electron chi connectivity index (χ0n) is 13.7. The zero-order valence-corrected chi connectivity index (χ0v) is 13.7. The molecular weight excluding hydrogens is 316 g/mol. The number of H-pyrrole nitrogens is 1. The number of rotatable bonds is 3. The number of aromatic amines is 1. The van der Waals surface area contributed by atoms with Crippen LogP contribution in [0.3, 0.4) is 0 Å². The third kappa shape index (κ3) is 2.84. The molecule has 6 nitrogen and oxygen atoms in total. The maximum Gasteiger partial charge on any atom is 0.188 e. The summed E-state index contributed by atoms with van der Waals surface area (Å²) in [5, 5.41) is 10.5. The monoisotopic (exact) mass is 334 g/mol. The predicted octanol–water partition coefficient (Wildman–Crippen LogP) is 3.11. The minimum atomic E-state index is -0.0900. The molecule has 3 heterocycles. The zero-order chi connectivity index (χ0) is 17.2. The van der Waals surface area contributed by atoms with Gasteiger partial charge in [0, 0.05) is 36.4 Å². The largest absolute Gasteiger partial charge is 0.392 e. The molecule has 0 aliphatic carbocycles. The lowest BCUT2D eigenvalue weighted by atomic mass is 10.0. The lowest BCUT2D eigenvalue weighted by Gasteiger charge is -2.29. The summed E-state index contributed by atoms with van der Waals surface area (Å²) in [4.78, 5) is 13.5. The Morgan fingerprint density at radius 2 is 2.12 bits per heavy atom. The highest BCUT2D eigenvalue weighted by atomic mass is 16.5. The van der Waals surface area contributed by atoms with Crippen molar-refractivity contribution >= 4 is 22.4 Å². The minimum Gasteiger partial charge on any atom is -0.392 e. The number of hydrogen-bond acceptors (Lipinski definition) is 4. The maximum atomic E-state index is 9.51. The summed E-state index contributed by atoms with van der Waals surface area (Å²) in [6.45, 7) is 10.3. The molecule has 126 valence electrons. The number of pyridine rings is 1. The first-order chi connectivity index (χ1) is 12.3. The molecule has 0 spiro atoms. The number of ether oxygens (including phenoxy) is 1. The molecule has 0 amide bonds. The van der Waals surface area contributed by atoms with Gasteiger partial charge in [0.1, 0.15) is 5.65 Å². The van der Waals surface area contributed by atoms with E-state index in [0.29, 0.717) is 18.9 Å². The molecule has 1 fully saturated rings. The van der Waals surface area contributed by atoms with E-state index in [1.807, 2.05) is 30.6 Å². The summed E-state index contributed by atoms with van der Waals surface area (Å²) < 4.78 is 5.46. The smallest absolute Gasteiger partial charge is 0.188 e. The van der Waals surface area contributed by atoms with Crippen LogP contribution in [-0.2, 0) is 11.3 Å². The van der Waals surface area contributed by atoms with E-state index in [9.17, 15) is 5.11 Å². The standard InChI is InChI=1S/C19H18N4O2/c1-20-15-9-13(12-24)8-14(10-15)16-11-22-19-18(16)17(2-3-21-19)23-4-6-25-7-5-23/h2-3,8-11,24H,4-7,12H2,(H,21,22). The summed E-state index contributed by atoms with van der Waals surface area (Å²) >= 11 is 0. The first kappa shape index (κ1) is 15.6. The lowest BCUT2D eigenvalue weighted by molar-refractivity contribution is 0.123. The summed E-state index contributed by atoms with van der Waals surface area (Å²) in [5.41, 5.74) is 5.08. The van der Waals surface area contributed by atoms with E-state index in [4.69, 9.17) is 11.3 Å². The highest BCUT2D eigenvalue weighted by molar-refractivity contribution is 6.03. The second-order valence-corrected chi connectivity index (χ2v) is 6.01. The Morgan fingerprint density at radius 3 is 2.88 bits per heavy atom. The van der Waals surface area contributed by atoms with Crippen LogP contribution >= 0.6 is 0 Å². The molecule has 1 saturated heterocycles. The van der Waals surface area contributed by atoms with Crippen LogP contribution in [0.5, 0.6) is 0 Å². The molecule has 0 radical (unpaired) electrons. The van der Waals surface area contributed by atoms with Crippen molar-refractivity contribution in [2.75, 3.05) is 31.2 Å². The van der Waals surface area contributed by atoms with Crippen LogP contribution in [-0.4, -0.2) is 41.4 Å². The van der Waals surface area contributed by atoms with E-state index in [1.165, 1.54) is 0 Å². The fourth-order valence-electron chi connectivity index (χ4n) is 3.32. The number of morpholine rings is 1. The second-order valence-electron chi connectivity index (χ2n) is 6.01. The Balaban J connectivity index is 1.90. The fraction of sp³-hybridized carbons (Fsp3) is 0.263. The highest BCUT2D eigenvalue weighted by Gasteiger charge is 2.18. The van der Waals surface area contributed by atoms with Gasteiger partial charge in [0.05, 0.1) is 32.1 Å². The molecule has 4 rings (SSSR count). The van der Waals surface area contributed by atoms with Gasteiger partial charge in [-0.15, -0.1) is 0 Å². The molecular formula is C19H18N4O2.